The number of methoxy groups -OCH3 is 1. The number of aliphatic hydroxyl groups excluding tert-OH is 1. The molecule has 1 heterocycles. The van der Waals surface area contributed by atoms with Gasteiger partial charge in [-0.1, -0.05) is 12.1 Å². The molecule has 24 heavy (non-hydrogen) atoms. The third-order valence-corrected chi connectivity index (χ3v) is 4.28. The molecular formula is C19H22FNO3. The highest BCUT2D eigenvalue weighted by Crippen LogP contribution is 2.32. The van der Waals surface area contributed by atoms with E-state index < -0.39 is 6.10 Å². The van der Waals surface area contributed by atoms with E-state index in [0.29, 0.717) is 24.7 Å². The number of hydrogen-bond acceptors (Lipinski definition) is 4. The molecule has 0 saturated heterocycles. The molecule has 0 aromatic heterocycles. The summed E-state index contributed by atoms with van der Waals surface area (Å²) in [6.45, 7) is 0.989. The third-order valence-electron chi connectivity index (χ3n) is 4.28. The highest BCUT2D eigenvalue weighted by molar-refractivity contribution is 5.37. The lowest BCUT2D eigenvalue weighted by Gasteiger charge is -2.21. The van der Waals surface area contributed by atoms with E-state index in [2.05, 4.69) is 5.32 Å². The molecule has 5 heteroatoms. The predicted octanol–water partition coefficient (Wildman–Crippen LogP) is 3.37. The molecule has 2 atom stereocenters. The fourth-order valence-corrected chi connectivity index (χ4v) is 2.98. The van der Waals surface area contributed by atoms with Gasteiger partial charge in [0.25, 0.3) is 0 Å². The van der Waals surface area contributed by atoms with Crippen LogP contribution in [0.2, 0.25) is 0 Å². The predicted molar refractivity (Wildman–Crippen MR) is 89.8 cm³/mol. The second-order valence-electron chi connectivity index (χ2n) is 5.93. The van der Waals surface area contributed by atoms with Crippen LogP contribution in [0.15, 0.2) is 42.5 Å². The second-order valence-corrected chi connectivity index (χ2v) is 5.93. The molecule has 2 aromatic rings. The molecule has 0 amide bonds. The van der Waals surface area contributed by atoms with Crippen molar-refractivity contribution >= 4 is 0 Å². The number of rotatable bonds is 5. The summed E-state index contributed by atoms with van der Waals surface area (Å²) in [7, 11) is 1.60. The van der Waals surface area contributed by atoms with Crippen LogP contribution in [0.25, 0.3) is 0 Å². The molecular weight excluding hydrogens is 309 g/mol. The minimum Gasteiger partial charge on any atom is -0.497 e. The van der Waals surface area contributed by atoms with Crippen LogP contribution in [0, 0.1) is 5.82 Å². The Kier molecular flexibility index (Phi) is 5.33. The van der Waals surface area contributed by atoms with Crippen LogP contribution in [-0.2, 0) is 0 Å². The van der Waals surface area contributed by atoms with Gasteiger partial charge in [0.05, 0.1) is 19.8 Å². The molecule has 0 saturated carbocycles. The summed E-state index contributed by atoms with van der Waals surface area (Å²) in [5.74, 6) is 1.14. The first-order valence-electron chi connectivity index (χ1n) is 8.15. The van der Waals surface area contributed by atoms with Gasteiger partial charge < -0.3 is 19.9 Å². The lowest BCUT2D eigenvalue weighted by molar-refractivity contribution is 0.168. The molecule has 2 unspecified atom stereocenters. The number of aliphatic hydroxyl groups is 1. The summed E-state index contributed by atoms with van der Waals surface area (Å²) in [4.78, 5) is 0. The van der Waals surface area contributed by atoms with Crippen LogP contribution in [-0.4, -0.2) is 25.4 Å². The van der Waals surface area contributed by atoms with Crippen molar-refractivity contribution in [3.8, 4) is 11.5 Å². The van der Waals surface area contributed by atoms with E-state index in [4.69, 9.17) is 9.47 Å². The average Bonchev–Trinajstić information content (AvgIpc) is 2.81. The van der Waals surface area contributed by atoms with Gasteiger partial charge in [0, 0.05) is 18.2 Å². The molecule has 2 aromatic carbocycles. The van der Waals surface area contributed by atoms with Crippen LogP contribution < -0.4 is 14.8 Å². The number of nitrogens with one attached hydrogen (secondary N) is 1. The SMILES string of the molecule is COc1cccc(C(O)CNC2CCCOc3ccc(F)cc32)c1. The molecule has 3 rings (SSSR count). The maximum absolute atomic E-state index is 13.6. The Hall–Kier alpha value is -2.11. The third kappa shape index (κ3) is 3.86. The smallest absolute Gasteiger partial charge is 0.124 e. The minimum absolute atomic E-state index is 0.0431. The van der Waals surface area contributed by atoms with Gasteiger partial charge in [-0.05, 0) is 48.7 Å². The standard InChI is InChI=1S/C19H22FNO3/c1-23-15-5-2-4-13(10-15)18(22)12-21-17-6-3-9-24-19-8-7-14(20)11-16(17)19/h2,4-5,7-8,10-11,17-18,21-22H,3,6,9,12H2,1H3. The van der Waals surface area contributed by atoms with Crippen molar-refractivity contribution in [3.05, 3.63) is 59.4 Å². The Bertz CT molecular complexity index is 692. The highest BCUT2D eigenvalue weighted by Gasteiger charge is 2.21. The zero-order valence-electron chi connectivity index (χ0n) is 13.7. The fourth-order valence-electron chi connectivity index (χ4n) is 2.98. The molecule has 1 aliphatic rings. The summed E-state index contributed by atoms with van der Waals surface area (Å²) in [5, 5.41) is 13.8. The maximum atomic E-state index is 13.6. The first-order chi connectivity index (χ1) is 11.7. The van der Waals surface area contributed by atoms with Crippen LogP contribution in [0.4, 0.5) is 4.39 Å². The molecule has 2 N–H and O–H groups in total. The Morgan fingerprint density at radius 2 is 2.21 bits per heavy atom. The Labute approximate surface area is 141 Å². The second kappa shape index (κ2) is 7.64. The van der Waals surface area contributed by atoms with E-state index in [9.17, 15) is 9.50 Å². The molecule has 0 radical (unpaired) electrons. The minimum atomic E-state index is -0.665. The normalized spacial score (nSPS) is 18.2. The van der Waals surface area contributed by atoms with Gasteiger partial charge in [0.15, 0.2) is 0 Å². The van der Waals surface area contributed by atoms with Crippen molar-refractivity contribution < 1.29 is 19.0 Å². The average molecular weight is 331 g/mol. The van der Waals surface area contributed by atoms with Crippen LogP contribution in [0.1, 0.15) is 36.1 Å². The first-order valence-corrected chi connectivity index (χ1v) is 8.15. The zero-order chi connectivity index (χ0) is 16.9. The van der Waals surface area contributed by atoms with Gasteiger partial charge in [0.1, 0.15) is 17.3 Å². The van der Waals surface area contributed by atoms with Gasteiger partial charge in [-0.3, -0.25) is 0 Å². The van der Waals surface area contributed by atoms with E-state index in [-0.39, 0.29) is 11.9 Å². The number of halogens is 1. The van der Waals surface area contributed by atoms with E-state index in [1.165, 1.54) is 12.1 Å². The van der Waals surface area contributed by atoms with Crippen molar-refractivity contribution in [2.24, 2.45) is 0 Å². The summed E-state index contributed by atoms with van der Waals surface area (Å²) >= 11 is 0. The van der Waals surface area contributed by atoms with E-state index >= 15 is 0 Å². The van der Waals surface area contributed by atoms with Crippen LogP contribution in [0.3, 0.4) is 0 Å². The van der Waals surface area contributed by atoms with Crippen molar-refractivity contribution in [3.63, 3.8) is 0 Å². The lowest BCUT2D eigenvalue weighted by atomic mass is 10.0. The van der Waals surface area contributed by atoms with E-state index in [0.717, 1.165) is 24.0 Å². The van der Waals surface area contributed by atoms with Gasteiger partial charge in [0.2, 0.25) is 0 Å². The monoisotopic (exact) mass is 331 g/mol. The Balaban J connectivity index is 1.71. The molecule has 1 aliphatic heterocycles. The molecule has 0 fully saturated rings. The Morgan fingerprint density at radius 3 is 3.04 bits per heavy atom. The maximum Gasteiger partial charge on any atom is 0.124 e. The van der Waals surface area contributed by atoms with Crippen LogP contribution >= 0.6 is 0 Å². The molecule has 0 aliphatic carbocycles. The molecule has 0 bridgehead atoms. The number of benzene rings is 2. The quantitative estimate of drug-likeness (QED) is 0.882. The summed E-state index contributed by atoms with van der Waals surface area (Å²) in [6, 6.07) is 11.9. The topological polar surface area (TPSA) is 50.7 Å². The van der Waals surface area contributed by atoms with Crippen molar-refractivity contribution in [2.75, 3.05) is 20.3 Å². The highest BCUT2D eigenvalue weighted by atomic mass is 19.1. The van der Waals surface area contributed by atoms with Gasteiger partial charge in [-0.2, -0.15) is 0 Å². The van der Waals surface area contributed by atoms with Gasteiger partial charge in [-0.15, -0.1) is 0 Å². The van der Waals surface area contributed by atoms with Gasteiger partial charge >= 0.3 is 0 Å². The van der Waals surface area contributed by atoms with Crippen molar-refractivity contribution in [2.45, 2.75) is 25.0 Å². The zero-order valence-corrected chi connectivity index (χ0v) is 13.7. The number of ether oxygens (including phenoxy) is 2. The Morgan fingerprint density at radius 1 is 1.33 bits per heavy atom. The van der Waals surface area contributed by atoms with E-state index in [1.54, 1.807) is 13.2 Å². The van der Waals surface area contributed by atoms with Crippen LogP contribution in [0.5, 0.6) is 11.5 Å². The number of fused-ring (bicyclic) bond motifs is 1. The van der Waals surface area contributed by atoms with Gasteiger partial charge in [-0.25, -0.2) is 4.39 Å². The fraction of sp³-hybridized carbons (Fsp3) is 0.368. The molecule has 0 spiro atoms. The van der Waals surface area contributed by atoms with E-state index in [1.807, 2.05) is 24.3 Å². The molecule has 4 nitrogen and oxygen atoms in total. The summed E-state index contributed by atoms with van der Waals surface area (Å²) in [6.07, 6.45) is 1.05. The first kappa shape index (κ1) is 16.7. The van der Waals surface area contributed by atoms with Crippen molar-refractivity contribution in [1.82, 2.24) is 5.32 Å². The largest absolute Gasteiger partial charge is 0.497 e. The molecule has 128 valence electrons. The summed E-state index contributed by atoms with van der Waals surface area (Å²) < 4.78 is 24.5. The summed E-state index contributed by atoms with van der Waals surface area (Å²) in [5.41, 5.74) is 1.59. The number of hydrogen-bond donors (Lipinski definition) is 2. The lowest BCUT2D eigenvalue weighted by Crippen LogP contribution is -2.26. The van der Waals surface area contributed by atoms with Crippen molar-refractivity contribution in [1.29, 1.82) is 0 Å².